The molecule has 1 fully saturated rings. The zero-order valence-electron chi connectivity index (χ0n) is 12.9. The fraction of sp³-hybridized carbons (Fsp3) is 0.588. The molecule has 4 heteroatoms. The molecule has 116 valence electrons. The van der Waals surface area contributed by atoms with Crippen molar-refractivity contribution in [2.24, 2.45) is 0 Å². The highest BCUT2D eigenvalue weighted by Gasteiger charge is 2.30. The lowest BCUT2D eigenvalue weighted by molar-refractivity contribution is -0.147. The predicted molar refractivity (Wildman–Crippen MR) is 82.3 cm³/mol. The van der Waals surface area contributed by atoms with Crippen molar-refractivity contribution >= 4 is 5.91 Å². The van der Waals surface area contributed by atoms with Crippen LogP contribution >= 0.6 is 0 Å². The predicted octanol–water partition coefficient (Wildman–Crippen LogP) is 2.28. The Bertz CT molecular complexity index is 437. The number of hydrogen-bond donors (Lipinski definition) is 1. The summed E-state index contributed by atoms with van der Waals surface area (Å²) in [6.07, 6.45) is 1.49. The molecule has 0 bridgehead atoms. The second kappa shape index (κ2) is 7.57. The maximum atomic E-state index is 12.2. The molecular formula is C17H25NO3. The molecule has 0 unspecified atom stereocenters. The van der Waals surface area contributed by atoms with Gasteiger partial charge in [-0.25, -0.2) is 0 Å². The molecule has 0 saturated carbocycles. The molecule has 21 heavy (non-hydrogen) atoms. The van der Waals surface area contributed by atoms with E-state index in [-0.39, 0.29) is 11.3 Å². The van der Waals surface area contributed by atoms with Gasteiger partial charge >= 0.3 is 0 Å². The quantitative estimate of drug-likeness (QED) is 0.874. The molecule has 2 rings (SSSR count). The van der Waals surface area contributed by atoms with Gasteiger partial charge in [-0.05, 0) is 18.4 Å². The maximum Gasteiger partial charge on any atom is 0.251 e. The third-order valence-corrected chi connectivity index (χ3v) is 4.45. The van der Waals surface area contributed by atoms with Crippen molar-refractivity contribution in [3.8, 4) is 0 Å². The third kappa shape index (κ3) is 3.83. The first-order chi connectivity index (χ1) is 10.2. The third-order valence-electron chi connectivity index (χ3n) is 4.45. The van der Waals surface area contributed by atoms with E-state index in [1.54, 1.807) is 0 Å². The SMILES string of the molecule is CCC(CC)(CNC(=O)[C@@H]1COCCO1)c1ccccc1. The molecule has 1 N–H and O–H groups in total. The van der Waals surface area contributed by atoms with Crippen molar-refractivity contribution in [2.45, 2.75) is 38.2 Å². The van der Waals surface area contributed by atoms with E-state index in [9.17, 15) is 4.79 Å². The monoisotopic (exact) mass is 291 g/mol. The molecule has 1 amide bonds. The van der Waals surface area contributed by atoms with Gasteiger partial charge in [0.2, 0.25) is 0 Å². The first-order valence-electron chi connectivity index (χ1n) is 7.74. The number of nitrogens with one attached hydrogen (secondary N) is 1. The van der Waals surface area contributed by atoms with Crippen LogP contribution in [0.25, 0.3) is 0 Å². The van der Waals surface area contributed by atoms with E-state index in [0.717, 1.165) is 12.8 Å². The molecule has 1 aromatic carbocycles. The summed E-state index contributed by atoms with van der Waals surface area (Å²) in [7, 11) is 0. The van der Waals surface area contributed by atoms with Gasteiger partial charge in [0.25, 0.3) is 5.91 Å². The van der Waals surface area contributed by atoms with E-state index < -0.39 is 6.10 Å². The van der Waals surface area contributed by atoms with Gasteiger partial charge in [0.15, 0.2) is 6.10 Å². The molecule has 4 nitrogen and oxygen atoms in total. The largest absolute Gasteiger partial charge is 0.376 e. The van der Waals surface area contributed by atoms with E-state index in [1.807, 2.05) is 6.07 Å². The van der Waals surface area contributed by atoms with Crippen molar-refractivity contribution in [1.29, 1.82) is 0 Å². The molecular weight excluding hydrogens is 266 g/mol. The first-order valence-corrected chi connectivity index (χ1v) is 7.74. The van der Waals surface area contributed by atoms with Gasteiger partial charge in [0.05, 0.1) is 19.8 Å². The first kappa shape index (κ1) is 16.0. The smallest absolute Gasteiger partial charge is 0.251 e. The zero-order valence-corrected chi connectivity index (χ0v) is 12.9. The summed E-state index contributed by atoms with van der Waals surface area (Å²) in [4.78, 5) is 12.2. The van der Waals surface area contributed by atoms with Crippen molar-refractivity contribution in [3.05, 3.63) is 35.9 Å². The maximum absolute atomic E-state index is 12.2. The lowest BCUT2D eigenvalue weighted by Crippen LogP contribution is -2.47. The summed E-state index contributed by atoms with van der Waals surface area (Å²) < 4.78 is 10.7. The van der Waals surface area contributed by atoms with E-state index in [2.05, 4.69) is 43.4 Å². The highest BCUT2D eigenvalue weighted by Crippen LogP contribution is 2.30. The van der Waals surface area contributed by atoms with E-state index >= 15 is 0 Å². The summed E-state index contributed by atoms with van der Waals surface area (Å²) >= 11 is 0. The number of amides is 1. The molecule has 0 spiro atoms. The standard InChI is InChI=1S/C17H25NO3/c1-3-17(4-2,14-8-6-5-7-9-14)13-18-16(19)15-12-20-10-11-21-15/h5-9,15H,3-4,10-13H2,1-2H3,(H,18,19)/t15-/m0/s1. The molecule has 1 atom stereocenters. The number of benzene rings is 1. The molecule has 1 heterocycles. The fourth-order valence-corrected chi connectivity index (χ4v) is 2.81. The Hall–Kier alpha value is -1.39. The molecule has 0 aromatic heterocycles. The summed E-state index contributed by atoms with van der Waals surface area (Å²) in [6, 6.07) is 10.4. The minimum atomic E-state index is -0.471. The van der Waals surface area contributed by atoms with Crippen molar-refractivity contribution in [3.63, 3.8) is 0 Å². The van der Waals surface area contributed by atoms with Crippen LogP contribution in [0.3, 0.4) is 0 Å². The number of hydrogen-bond acceptors (Lipinski definition) is 3. The van der Waals surface area contributed by atoms with Gasteiger partial charge in [-0.15, -0.1) is 0 Å². The van der Waals surface area contributed by atoms with E-state index in [0.29, 0.717) is 26.4 Å². The summed E-state index contributed by atoms with van der Waals surface area (Å²) in [5.74, 6) is -0.0723. The highest BCUT2D eigenvalue weighted by molar-refractivity contribution is 5.81. The second-order valence-electron chi connectivity index (χ2n) is 5.51. The number of rotatable bonds is 6. The van der Waals surface area contributed by atoms with Gasteiger partial charge in [0, 0.05) is 12.0 Å². The van der Waals surface area contributed by atoms with E-state index in [4.69, 9.17) is 9.47 Å². The van der Waals surface area contributed by atoms with Crippen LogP contribution in [0.1, 0.15) is 32.3 Å². The van der Waals surface area contributed by atoms with Crippen LogP contribution in [0, 0.1) is 0 Å². The van der Waals surface area contributed by atoms with Crippen molar-refractivity contribution in [1.82, 2.24) is 5.32 Å². The summed E-state index contributed by atoms with van der Waals surface area (Å²) in [5, 5.41) is 3.05. The van der Waals surface area contributed by atoms with Gasteiger partial charge in [-0.3, -0.25) is 4.79 Å². The van der Waals surface area contributed by atoms with Crippen LogP contribution in [0.15, 0.2) is 30.3 Å². The summed E-state index contributed by atoms with van der Waals surface area (Å²) in [6.45, 7) is 6.38. The lowest BCUT2D eigenvalue weighted by Gasteiger charge is -2.33. The molecule has 1 aromatic rings. The Kier molecular flexibility index (Phi) is 5.76. The Morgan fingerprint density at radius 1 is 1.24 bits per heavy atom. The van der Waals surface area contributed by atoms with Crippen molar-refractivity contribution < 1.29 is 14.3 Å². The Balaban J connectivity index is 2.01. The summed E-state index contributed by atoms with van der Waals surface area (Å²) in [5.41, 5.74) is 1.25. The van der Waals surface area contributed by atoms with Crippen LogP contribution in [0.5, 0.6) is 0 Å². The highest BCUT2D eigenvalue weighted by atomic mass is 16.6. The molecule has 1 aliphatic heterocycles. The second-order valence-corrected chi connectivity index (χ2v) is 5.51. The van der Waals surface area contributed by atoms with E-state index in [1.165, 1.54) is 5.56 Å². The topological polar surface area (TPSA) is 47.6 Å². The number of carbonyl (C=O) groups excluding carboxylic acids is 1. The molecule has 0 aliphatic carbocycles. The molecule has 1 aliphatic rings. The Morgan fingerprint density at radius 3 is 2.52 bits per heavy atom. The fourth-order valence-electron chi connectivity index (χ4n) is 2.81. The minimum Gasteiger partial charge on any atom is -0.376 e. The van der Waals surface area contributed by atoms with Crippen LogP contribution in [-0.4, -0.2) is 38.4 Å². The van der Waals surface area contributed by atoms with Gasteiger partial charge < -0.3 is 14.8 Å². The van der Waals surface area contributed by atoms with Crippen LogP contribution in [0.2, 0.25) is 0 Å². The average molecular weight is 291 g/mol. The Morgan fingerprint density at radius 2 is 1.95 bits per heavy atom. The zero-order chi connectivity index (χ0) is 15.1. The minimum absolute atomic E-state index is 0.0214. The average Bonchev–Trinajstić information content (AvgIpc) is 2.58. The Labute approximate surface area is 126 Å². The number of ether oxygens (including phenoxy) is 2. The normalized spacial score (nSPS) is 19.2. The van der Waals surface area contributed by atoms with Crippen molar-refractivity contribution in [2.75, 3.05) is 26.4 Å². The van der Waals surface area contributed by atoms with Gasteiger partial charge in [-0.1, -0.05) is 44.2 Å². The van der Waals surface area contributed by atoms with Crippen LogP contribution < -0.4 is 5.32 Å². The molecule has 0 radical (unpaired) electrons. The van der Waals surface area contributed by atoms with Crippen LogP contribution in [0.4, 0.5) is 0 Å². The van der Waals surface area contributed by atoms with Gasteiger partial charge in [0.1, 0.15) is 0 Å². The van der Waals surface area contributed by atoms with Gasteiger partial charge in [-0.2, -0.15) is 0 Å². The lowest BCUT2D eigenvalue weighted by atomic mass is 9.76. The number of carbonyl (C=O) groups is 1. The molecule has 1 saturated heterocycles. The van der Waals surface area contributed by atoms with Crippen LogP contribution in [-0.2, 0) is 19.7 Å².